The molecular weight excluding hydrogens is 272 g/mol. The van der Waals surface area contributed by atoms with Gasteiger partial charge in [0.05, 0.1) is 6.61 Å². The molecule has 20 heavy (non-hydrogen) atoms. The molecule has 1 aromatic rings. The van der Waals surface area contributed by atoms with E-state index in [9.17, 15) is 4.79 Å². The summed E-state index contributed by atoms with van der Waals surface area (Å²) in [5, 5.41) is 0. The zero-order valence-corrected chi connectivity index (χ0v) is 13.1. The Morgan fingerprint density at radius 1 is 1.40 bits per heavy atom. The van der Waals surface area contributed by atoms with E-state index < -0.39 is 0 Å². The van der Waals surface area contributed by atoms with Crippen LogP contribution in [-0.4, -0.2) is 30.7 Å². The van der Waals surface area contributed by atoms with Gasteiger partial charge in [0.15, 0.2) is 0 Å². The van der Waals surface area contributed by atoms with Crippen molar-refractivity contribution in [2.75, 3.05) is 18.6 Å². The van der Waals surface area contributed by atoms with E-state index in [-0.39, 0.29) is 12.0 Å². The average molecular weight is 294 g/mol. The summed E-state index contributed by atoms with van der Waals surface area (Å²) in [4.78, 5) is 14.3. The van der Waals surface area contributed by atoms with E-state index >= 15 is 0 Å². The van der Waals surface area contributed by atoms with Crippen molar-refractivity contribution in [2.24, 2.45) is 5.73 Å². The fourth-order valence-electron chi connectivity index (χ4n) is 2.14. The lowest BCUT2D eigenvalue weighted by atomic mass is 10.1. The first-order chi connectivity index (χ1) is 9.52. The van der Waals surface area contributed by atoms with Gasteiger partial charge in [-0.25, -0.2) is 4.79 Å². The van der Waals surface area contributed by atoms with E-state index in [1.165, 1.54) is 0 Å². The van der Waals surface area contributed by atoms with E-state index in [4.69, 9.17) is 22.7 Å². The number of carbonyl (C=O) groups is 1. The monoisotopic (exact) mass is 294 g/mol. The van der Waals surface area contributed by atoms with Gasteiger partial charge in [-0.3, -0.25) is 0 Å². The summed E-state index contributed by atoms with van der Waals surface area (Å²) in [5.74, 6) is -0.213. The molecule has 0 fully saturated rings. The van der Waals surface area contributed by atoms with Gasteiger partial charge < -0.3 is 15.4 Å². The Morgan fingerprint density at radius 3 is 2.60 bits per heavy atom. The van der Waals surface area contributed by atoms with Crippen molar-refractivity contribution in [1.82, 2.24) is 0 Å². The molecule has 0 radical (unpaired) electrons. The van der Waals surface area contributed by atoms with E-state index in [1.807, 2.05) is 50.1 Å². The Hall–Kier alpha value is -1.62. The molecular formula is C15H22N2O2S. The van der Waals surface area contributed by atoms with Crippen molar-refractivity contribution >= 4 is 28.9 Å². The maximum atomic E-state index is 12.1. The number of carbonyl (C=O) groups excluding carboxylic acids is 1. The Morgan fingerprint density at radius 2 is 2.05 bits per heavy atom. The van der Waals surface area contributed by atoms with Gasteiger partial charge in [-0.2, -0.15) is 0 Å². The zero-order valence-electron chi connectivity index (χ0n) is 12.3. The van der Waals surface area contributed by atoms with Gasteiger partial charge in [-0.05, 0) is 25.5 Å². The molecule has 0 heterocycles. The highest BCUT2D eigenvalue weighted by molar-refractivity contribution is 7.80. The standard InChI is InChI=1S/C15H22N2O2S/c1-4-8-13(15(18)19-5-2)17(3)12-10-7-6-9-11(12)14(16)20/h6-7,9-10,13H,4-5,8H2,1-3H3,(H2,16,20). The summed E-state index contributed by atoms with van der Waals surface area (Å²) >= 11 is 5.07. The molecule has 1 aromatic carbocycles. The first-order valence-corrected chi connectivity index (χ1v) is 7.22. The van der Waals surface area contributed by atoms with Crippen LogP contribution in [-0.2, 0) is 9.53 Å². The lowest BCUT2D eigenvalue weighted by molar-refractivity contribution is -0.144. The molecule has 1 atom stereocenters. The summed E-state index contributed by atoms with van der Waals surface area (Å²) in [6, 6.07) is 7.24. The number of ether oxygens (including phenoxy) is 1. The predicted molar refractivity (Wildman–Crippen MR) is 86.1 cm³/mol. The van der Waals surface area contributed by atoms with Crippen molar-refractivity contribution in [1.29, 1.82) is 0 Å². The second kappa shape index (κ2) is 7.85. The summed E-state index contributed by atoms with van der Waals surface area (Å²) in [6.45, 7) is 4.23. The highest BCUT2D eigenvalue weighted by Crippen LogP contribution is 2.23. The predicted octanol–water partition coefficient (Wildman–Crippen LogP) is 2.49. The van der Waals surface area contributed by atoms with Gasteiger partial charge in [0.1, 0.15) is 11.0 Å². The molecule has 5 heteroatoms. The lowest BCUT2D eigenvalue weighted by Crippen LogP contribution is -2.40. The van der Waals surface area contributed by atoms with Crippen LogP contribution in [0.4, 0.5) is 5.69 Å². The minimum atomic E-state index is -0.324. The van der Waals surface area contributed by atoms with Crippen LogP contribution >= 0.6 is 12.2 Å². The average Bonchev–Trinajstić information content (AvgIpc) is 2.44. The molecule has 0 bridgehead atoms. The fraction of sp³-hybridized carbons (Fsp3) is 0.467. The Bertz CT molecular complexity index is 477. The number of hydrogen-bond acceptors (Lipinski definition) is 4. The normalized spacial score (nSPS) is 11.8. The molecule has 2 N–H and O–H groups in total. The quantitative estimate of drug-likeness (QED) is 0.618. The molecule has 0 aliphatic heterocycles. The highest BCUT2D eigenvalue weighted by atomic mass is 32.1. The van der Waals surface area contributed by atoms with Crippen LogP contribution < -0.4 is 10.6 Å². The van der Waals surface area contributed by atoms with Crippen LogP contribution in [0, 0.1) is 0 Å². The first-order valence-electron chi connectivity index (χ1n) is 6.81. The van der Waals surface area contributed by atoms with E-state index in [1.54, 1.807) is 0 Å². The van der Waals surface area contributed by atoms with Gasteiger partial charge in [0, 0.05) is 18.3 Å². The van der Waals surface area contributed by atoms with Gasteiger partial charge in [-0.1, -0.05) is 37.7 Å². The number of nitrogens with zero attached hydrogens (tertiary/aromatic N) is 1. The zero-order chi connectivity index (χ0) is 15.1. The second-order valence-corrected chi connectivity index (χ2v) is 4.99. The number of rotatable bonds is 7. The molecule has 0 saturated heterocycles. The molecule has 0 spiro atoms. The number of nitrogens with two attached hydrogens (primary N) is 1. The molecule has 0 amide bonds. The minimum Gasteiger partial charge on any atom is -0.464 e. The Labute approximate surface area is 125 Å². The molecule has 0 aliphatic rings. The third-order valence-electron chi connectivity index (χ3n) is 3.14. The number of benzene rings is 1. The second-order valence-electron chi connectivity index (χ2n) is 4.55. The molecule has 1 rings (SSSR count). The van der Waals surface area contributed by atoms with Crippen molar-refractivity contribution in [3.05, 3.63) is 29.8 Å². The van der Waals surface area contributed by atoms with Crippen molar-refractivity contribution < 1.29 is 9.53 Å². The van der Waals surface area contributed by atoms with Gasteiger partial charge in [-0.15, -0.1) is 0 Å². The molecule has 1 unspecified atom stereocenters. The summed E-state index contributed by atoms with van der Waals surface area (Å²) < 4.78 is 5.15. The van der Waals surface area contributed by atoms with Crippen LogP contribution in [0.25, 0.3) is 0 Å². The SMILES string of the molecule is CCCC(C(=O)OCC)N(C)c1ccccc1C(N)=S. The third kappa shape index (κ3) is 3.93. The fourth-order valence-corrected chi connectivity index (χ4v) is 2.31. The molecule has 0 saturated carbocycles. The van der Waals surface area contributed by atoms with Crippen LogP contribution in [0.5, 0.6) is 0 Å². The van der Waals surface area contributed by atoms with E-state index in [2.05, 4.69) is 0 Å². The summed E-state index contributed by atoms with van der Waals surface area (Å²) in [5.41, 5.74) is 7.38. The summed E-state index contributed by atoms with van der Waals surface area (Å²) in [7, 11) is 1.87. The number of hydrogen-bond donors (Lipinski definition) is 1. The molecule has 0 aliphatic carbocycles. The lowest BCUT2D eigenvalue weighted by Gasteiger charge is -2.29. The smallest absolute Gasteiger partial charge is 0.328 e. The van der Waals surface area contributed by atoms with E-state index in [0.29, 0.717) is 11.6 Å². The van der Waals surface area contributed by atoms with Crippen molar-refractivity contribution in [2.45, 2.75) is 32.7 Å². The number of thiocarbonyl (C=S) groups is 1. The Balaban J connectivity index is 3.09. The topological polar surface area (TPSA) is 55.6 Å². The maximum Gasteiger partial charge on any atom is 0.328 e. The van der Waals surface area contributed by atoms with Crippen LogP contribution in [0.1, 0.15) is 32.3 Å². The van der Waals surface area contributed by atoms with Crippen molar-refractivity contribution in [3.8, 4) is 0 Å². The first kappa shape index (κ1) is 16.4. The van der Waals surface area contributed by atoms with Gasteiger partial charge in [0.25, 0.3) is 0 Å². The highest BCUT2D eigenvalue weighted by Gasteiger charge is 2.25. The van der Waals surface area contributed by atoms with E-state index in [0.717, 1.165) is 24.1 Å². The number of para-hydroxylation sites is 1. The van der Waals surface area contributed by atoms with Crippen LogP contribution in [0.15, 0.2) is 24.3 Å². The van der Waals surface area contributed by atoms with Crippen LogP contribution in [0.2, 0.25) is 0 Å². The van der Waals surface area contributed by atoms with Crippen molar-refractivity contribution in [3.63, 3.8) is 0 Å². The summed E-state index contributed by atoms with van der Waals surface area (Å²) in [6.07, 6.45) is 1.62. The minimum absolute atomic E-state index is 0.213. The largest absolute Gasteiger partial charge is 0.464 e. The third-order valence-corrected chi connectivity index (χ3v) is 3.36. The van der Waals surface area contributed by atoms with Gasteiger partial charge in [0.2, 0.25) is 0 Å². The number of esters is 1. The molecule has 4 nitrogen and oxygen atoms in total. The van der Waals surface area contributed by atoms with Crippen LogP contribution in [0.3, 0.4) is 0 Å². The Kier molecular flexibility index (Phi) is 6.45. The van der Waals surface area contributed by atoms with Gasteiger partial charge >= 0.3 is 5.97 Å². The number of likely N-dealkylation sites (N-methyl/N-ethyl adjacent to an activating group) is 1. The molecule has 110 valence electrons. The maximum absolute atomic E-state index is 12.1. The molecule has 0 aromatic heterocycles. The number of anilines is 1.